The minimum absolute atomic E-state index is 0.171. The van der Waals surface area contributed by atoms with Gasteiger partial charge in [0.05, 0.1) is 6.07 Å². The second-order valence-corrected chi connectivity index (χ2v) is 3.78. The van der Waals surface area contributed by atoms with Crippen LogP contribution in [0, 0.1) is 11.3 Å². The lowest BCUT2D eigenvalue weighted by Gasteiger charge is -2.36. The van der Waals surface area contributed by atoms with Crippen molar-refractivity contribution in [2.24, 2.45) is 0 Å². The van der Waals surface area contributed by atoms with Gasteiger partial charge in [-0.25, -0.2) is 0 Å². The van der Waals surface area contributed by atoms with E-state index in [1.807, 2.05) is 14.1 Å². The first-order chi connectivity index (χ1) is 5.68. The SMILES string of the molecule is CN(C)CCNC1(C#N)CCC1. The van der Waals surface area contributed by atoms with Gasteiger partial charge in [0, 0.05) is 13.1 Å². The lowest BCUT2D eigenvalue weighted by Crippen LogP contribution is -2.51. The quantitative estimate of drug-likeness (QED) is 0.666. The molecular formula is C9H17N3. The van der Waals surface area contributed by atoms with Crippen LogP contribution in [0.3, 0.4) is 0 Å². The number of nitriles is 1. The van der Waals surface area contributed by atoms with Gasteiger partial charge in [-0.1, -0.05) is 0 Å². The second-order valence-electron chi connectivity index (χ2n) is 3.78. The minimum atomic E-state index is -0.171. The number of hydrogen-bond donors (Lipinski definition) is 1. The van der Waals surface area contributed by atoms with Crippen LogP contribution >= 0.6 is 0 Å². The third kappa shape index (κ3) is 2.20. The summed E-state index contributed by atoms with van der Waals surface area (Å²) in [5.41, 5.74) is -0.171. The highest BCUT2D eigenvalue weighted by molar-refractivity contribution is 5.12. The van der Waals surface area contributed by atoms with Gasteiger partial charge >= 0.3 is 0 Å². The van der Waals surface area contributed by atoms with Gasteiger partial charge in [-0.2, -0.15) is 5.26 Å². The Hall–Kier alpha value is -0.590. The van der Waals surface area contributed by atoms with E-state index in [-0.39, 0.29) is 5.54 Å². The first-order valence-electron chi connectivity index (χ1n) is 4.49. The van der Waals surface area contributed by atoms with E-state index in [0.29, 0.717) is 0 Å². The molecule has 0 radical (unpaired) electrons. The van der Waals surface area contributed by atoms with Gasteiger partial charge in [0.25, 0.3) is 0 Å². The van der Waals surface area contributed by atoms with E-state index in [0.717, 1.165) is 25.9 Å². The van der Waals surface area contributed by atoms with Gasteiger partial charge in [0.2, 0.25) is 0 Å². The van der Waals surface area contributed by atoms with Crippen molar-refractivity contribution in [2.75, 3.05) is 27.2 Å². The highest BCUT2D eigenvalue weighted by Gasteiger charge is 2.36. The third-order valence-corrected chi connectivity index (χ3v) is 2.44. The normalized spacial score (nSPS) is 20.2. The zero-order valence-corrected chi connectivity index (χ0v) is 7.93. The summed E-state index contributed by atoms with van der Waals surface area (Å²) in [6.07, 6.45) is 3.25. The molecule has 1 N–H and O–H groups in total. The van der Waals surface area contributed by atoms with Gasteiger partial charge in [0.1, 0.15) is 5.54 Å². The Morgan fingerprint density at radius 1 is 1.50 bits per heavy atom. The first kappa shape index (κ1) is 9.50. The van der Waals surface area contributed by atoms with Crippen LogP contribution in [0.1, 0.15) is 19.3 Å². The molecule has 1 aliphatic carbocycles. The minimum Gasteiger partial charge on any atom is -0.308 e. The van der Waals surface area contributed by atoms with E-state index >= 15 is 0 Å². The van der Waals surface area contributed by atoms with Crippen molar-refractivity contribution < 1.29 is 0 Å². The van der Waals surface area contributed by atoms with Gasteiger partial charge in [0.15, 0.2) is 0 Å². The molecule has 0 aromatic carbocycles. The fourth-order valence-corrected chi connectivity index (χ4v) is 1.38. The predicted molar refractivity (Wildman–Crippen MR) is 48.8 cm³/mol. The predicted octanol–water partition coefficient (Wildman–Crippen LogP) is 0.584. The summed E-state index contributed by atoms with van der Waals surface area (Å²) in [6.45, 7) is 1.92. The van der Waals surface area contributed by atoms with E-state index < -0.39 is 0 Å². The van der Waals surface area contributed by atoms with Crippen LogP contribution in [0.5, 0.6) is 0 Å². The summed E-state index contributed by atoms with van der Waals surface area (Å²) in [6, 6.07) is 2.36. The lowest BCUT2D eigenvalue weighted by molar-refractivity contribution is 0.244. The van der Waals surface area contributed by atoms with Crippen molar-refractivity contribution >= 4 is 0 Å². The molecule has 0 bridgehead atoms. The molecule has 0 saturated heterocycles. The van der Waals surface area contributed by atoms with E-state index in [9.17, 15) is 0 Å². The van der Waals surface area contributed by atoms with Crippen LogP contribution in [0.25, 0.3) is 0 Å². The molecule has 68 valence electrons. The number of hydrogen-bond acceptors (Lipinski definition) is 3. The second kappa shape index (κ2) is 3.88. The molecule has 0 heterocycles. The van der Waals surface area contributed by atoms with Gasteiger partial charge < -0.3 is 4.90 Å². The average Bonchev–Trinajstić information content (AvgIpc) is 1.94. The Kier molecular flexibility index (Phi) is 3.07. The molecule has 1 saturated carbocycles. The Morgan fingerprint density at radius 3 is 2.50 bits per heavy atom. The Bertz CT molecular complexity index is 177. The Balaban J connectivity index is 2.18. The lowest BCUT2D eigenvalue weighted by atomic mass is 9.78. The monoisotopic (exact) mass is 167 g/mol. The summed E-state index contributed by atoms with van der Waals surface area (Å²) in [5.74, 6) is 0. The molecule has 3 heteroatoms. The summed E-state index contributed by atoms with van der Waals surface area (Å²) in [7, 11) is 4.09. The van der Waals surface area contributed by atoms with E-state index in [1.165, 1.54) is 6.42 Å². The number of nitrogens with one attached hydrogen (secondary N) is 1. The maximum absolute atomic E-state index is 8.88. The molecule has 0 aromatic heterocycles. The fourth-order valence-electron chi connectivity index (χ4n) is 1.38. The molecule has 1 rings (SSSR count). The maximum Gasteiger partial charge on any atom is 0.106 e. The zero-order chi connectivity index (χ0) is 9.03. The molecular weight excluding hydrogens is 150 g/mol. The van der Waals surface area contributed by atoms with Gasteiger partial charge in [-0.3, -0.25) is 5.32 Å². The van der Waals surface area contributed by atoms with Crippen LogP contribution in [0.2, 0.25) is 0 Å². The van der Waals surface area contributed by atoms with E-state index in [1.54, 1.807) is 0 Å². The molecule has 1 fully saturated rings. The van der Waals surface area contributed by atoms with Crippen molar-refractivity contribution in [1.29, 1.82) is 5.26 Å². The molecule has 1 aliphatic rings. The highest BCUT2D eigenvalue weighted by atomic mass is 15.1. The summed E-state index contributed by atoms with van der Waals surface area (Å²) >= 11 is 0. The van der Waals surface area contributed by atoms with Crippen LogP contribution in [-0.4, -0.2) is 37.6 Å². The van der Waals surface area contributed by atoms with Gasteiger partial charge in [-0.05, 0) is 33.4 Å². The van der Waals surface area contributed by atoms with Crippen molar-refractivity contribution in [3.63, 3.8) is 0 Å². The zero-order valence-electron chi connectivity index (χ0n) is 7.93. The van der Waals surface area contributed by atoms with Crippen LogP contribution in [0.4, 0.5) is 0 Å². The van der Waals surface area contributed by atoms with Crippen molar-refractivity contribution in [3.8, 4) is 6.07 Å². The van der Waals surface area contributed by atoms with E-state index in [4.69, 9.17) is 5.26 Å². The third-order valence-electron chi connectivity index (χ3n) is 2.44. The number of rotatable bonds is 4. The smallest absolute Gasteiger partial charge is 0.106 e. The number of likely N-dealkylation sites (N-methyl/N-ethyl adjacent to an activating group) is 1. The molecule has 0 aromatic rings. The van der Waals surface area contributed by atoms with Crippen LogP contribution < -0.4 is 5.32 Å². The Morgan fingerprint density at radius 2 is 2.17 bits per heavy atom. The van der Waals surface area contributed by atoms with Crippen LogP contribution in [-0.2, 0) is 0 Å². The first-order valence-corrected chi connectivity index (χ1v) is 4.49. The largest absolute Gasteiger partial charge is 0.308 e. The van der Waals surface area contributed by atoms with Crippen molar-refractivity contribution in [3.05, 3.63) is 0 Å². The summed E-state index contributed by atoms with van der Waals surface area (Å²) in [5, 5.41) is 12.2. The summed E-state index contributed by atoms with van der Waals surface area (Å²) in [4.78, 5) is 2.12. The molecule has 0 spiro atoms. The van der Waals surface area contributed by atoms with Crippen molar-refractivity contribution in [1.82, 2.24) is 10.2 Å². The fraction of sp³-hybridized carbons (Fsp3) is 0.889. The molecule has 12 heavy (non-hydrogen) atoms. The molecule has 0 atom stereocenters. The van der Waals surface area contributed by atoms with E-state index in [2.05, 4.69) is 16.3 Å². The average molecular weight is 167 g/mol. The van der Waals surface area contributed by atoms with Crippen LogP contribution in [0.15, 0.2) is 0 Å². The van der Waals surface area contributed by atoms with Gasteiger partial charge in [-0.15, -0.1) is 0 Å². The maximum atomic E-state index is 8.88. The van der Waals surface area contributed by atoms with Crippen molar-refractivity contribution in [2.45, 2.75) is 24.8 Å². The number of nitrogens with zero attached hydrogens (tertiary/aromatic N) is 2. The Labute approximate surface area is 74.4 Å². The summed E-state index contributed by atoms with van der Waals surface area (Å²) < 4.78 is 0. The topological polar surface area (TPSA) is 39.1 Å². The standard InChI is InChI=1S/C9H17N3/c1-12(2)7-6-11-9(8-10)4-3-5-9/h11H,3-7H2,1-2H3. The molecule has 3 nitrogen and oxygen atoms in total. The molecule has 0 unspecified atom stereocenters. The highest BCUT2D eigenvalue weighted by Crippen LogP contribution is 2.30. The molecule has 0 aliphatic heterocycles. The molecule has 0 amide bonds.